The molecule has 0 aliphatic heterocycles. The van der Waals surface area contributed by atoms with Gasteiger partial charge < -0.3 is 0 Å². The largest absolute Gasteiger partial charge is 0.294 e. The van der Waals surface area contributed by atoms with Crippen LogP contribution < -0.4 is 0 Å². The quantitative estimate of drug-likeness (QED) is 0.655. The second kappa shape index (κ2) is 2.93. The first kappa shape index (κ1) is 8.91. The van der Waals surface area contributed by atoms with E-state index in [4.69, 9.17) is 0 Å². The van der Waals surface area contributed by atoms with Crippen LogP contribution in [0.1, 0.15) is 27.7 Å². The summed E-state index contributed by atoms with van der Waals surface area (Å²) in [6.45, 7) is 5.77. The van der Waals surface area contributed by atoms with Crippen molar-refractivity contribution in [2.45, 2.75) is 20.8 Å². The van der Waals surface area contributed by atoms with Crippen molar-refractivity contribution < 1.29 is 4.79 Å². The van der Waals surface area contributed by atoms with Gasteiger partial charge in [0.25, 0.3) is 0 Å². The van der Waals surface area contributed by atoms with Gasteiger partial charge in [0.1, 0.15) is 0 Å². The van der Waals surface area contributed by atoms with Gasteiger partial charge in [0.05, 0.1) is 8.89 Å². The Bertz CT molecular complexity index is 476. The highest BCUT2D eigenvalue weighted by atomic mass is 32.2. The van der Waals surface area contributed by atoms with Gasteiger partial charge in [-0.3, -0.25) is 4.79 Å². The fourth-order valence-corrected chi connectivity index (χ4v) is 3.98. The first-order valence-corrected chi connectivity index (χ1v) is 5.79. The molecule has 0 saturated carbocycles. The number of ketones is 1. The molecule has 0 aliphatic carbocycles. The third-order valence-electron chi connectivity index (χ3n) is 2.17. The maximum absolute atomic E-state index is 11.3. The van der Waals surface area contributed by atoms with Crippen LogP contribution in [0.15, 0.2) is 5.38 Å². The number of hydrogen-bond donors (Lipinski definition) is 0. The first-order chi connectivity index (χ1) is 6.11. The van der Waals surface area contributed by atoms with E-state index < -0.39 is 0 Å². The second-order valence-electron chi connectivity index (χ2n) is 3.19. The molecule has 0 bridgehead atoms. The van der Waals surface area contributed by atoms with Crippen molar-refractivity contribution in [2.75, 3.05) is 0 Å². The van der Waals surface area contributed by atoms with Crippen LogP contribution in [0.4, 0.5) is 0 Å². The van der Waals surface area contributed by atoms with Gasteiger partial charge in [-0.25, -0.2) is 0 Å². The monoisotopic (exact) mass is 210 g/mol. The van der Waals surface area contributed by atoms with Crippen LogP contribution in [0.2, 0.25) is 0 Å². The summed E-state index contributed by atoms with van der Waals surface area (Å²) in [7, 11) is 0. The number of thiophene rings is 2. The van der Waals surface area contributed by atoms with E-state index in [1.165, 1.54) is 15.0 Å². The van der Waals surface area contributed by atoms with Gasteiger partial charge >= 0.3 is 0 Å². The van der Waals surface area contributed by atoms with Gasteiger partial charge in [0.2, 0.25) is 0 Å². The van der Waals surface area contributed by atoms with Crippen LogP contribution in [0.25, 0.3) is 9.40 Å². The number of carbonyl (C=O) groups excluding carboxylic acids is 1. The number of Topliss-reactive ketones (excluding diaryl/α,β-unsaturated/α-hetero) is 1. The molecular formula is C10H10OS2. The van der Waals surface area contributed by atoms with Crippen LogP contribution in [0.3, 0.4) is 0 Å². The third kappa shape index (κ3) is 1.23. The summed E-state index contributed by atoms with van der Waals surface area (Å²) < 4.78 is 1.28. The van der Waals surface area contributed by atoms with E-state index in [1.54, 1.807) is 29.6 Å². The van der Waals surface area contributed by atoms with Crippen molar-refractivity contribution in [1.29, 1.82) is 0 Å². The topological polar surface area (TPSA) is 17.1 Å². The smallest absolute Gasteiger partial charge is 0.170 e. The summed E-state index contributed by atoms with van der Waals surface area (Å²) in [4.78, 5) is 12.2. The molecule has 13 heavy (non-hydrogen) atoms. The number of hydrogen-bond acceptors (Lipinski definition) is 3. The van der Waals surface area contributed by atoms with Crippen LogP contribution >= 0.6 is 22.7 Å². The molecule has 0 atom stereocenters. The van der Waals surface area contributed by atoms with E-state index in [2.05, 4.69) is 12.3 Å². The van der Waals surface area contributed by atoms with Crippen LogP contribution in [0, 0.1) is 13.8 Å². The van der Waals surface area contributed by atoms with E-state index in [0.717, 1.165) is 10.4 Å². The second-order valence-corrected chi connectivity index (χ2v) is 5.35. The van der Waals surface area contributed by atoms with Crippen molar-refractivity contribution in [3.8, 4) is 0 Å². The lowest BCUT2D eigenvalue weighted by molar-refractivity contribution is 0.102. The van der Waals surface area contributed by atoms with Crippen molar-refractivity contribution in [2.24, 2.45) is 0 Å². The molecule has 2 heterocycles. The summed E-state index contributed by atoms with van der Waals surface area (Å²) in [5, 5.41) is 3.44. The molecule has 0 aliphatic rings. The van der Waals surface area contributed by atoms with Gasteiger partial charge in [-0.05, 0) is 37.3 Å². The molecule has 0 saturated heterocycles. The van der Waals surface area contributed by atoms with Gasteiger partial charge in [-0.1, -0.05) is 0 Å². The molecule has 0 amide bonds. The molecule has 1 nitrogen and oxygen atoms in total. The molecule has 2 aromatic rings. The molecule has 0 unspecified atom stereocenters. The van der Waals surface area contributed by atoms with Crippen LogP contribution in [0.5, 0.6) is 0 Å². The van der Waals surface area contributed by atoms with E-state index in [9.17, 15) is 4.79 Å². The average molecular weight is 210 g/mol. The number of fused-ring (bicyclic) bond motifs is 1. The van der Waals surface area contributed by atoms with Crippen molar-refractivity contribution in [3.63, 3.8) is 0 Å². The SMILES string of the molecule is CC(=O)c1sc2scc(C)c2c1C. The standard InChI is InChI=1S/C10H10OS2/c1-5-4-12-10-8(5)6(2)9(13-10)7(3)11/h4H,1-3H3. The van der Waals surface area contributed by atoms with Crippen LogP contribution in [-0.4, -0.2) is 5.78 Å². The van der Waals surface area contributed by atoms with Gasteiger partial charge in [-0.15, -0.1) is 22.7 Å². The molecule has 2 rings (SSSR count). The Balaban J connectivity index is 2.82. The predicted octanol–water partition coefficient (Wildman–Crippen LogP) is 3.78. The summed E-state index contributed by atoms with van der Waals surface area (Å²) in [5.41, 5.74) is 2.45. The molecule has 2 aromatic heterocycles. The molecule has 0 N–H and O–H groups in total. The van der Waals surface area contributed by atoms with Gasteiger partial charge in [0, 0.05) is 5.39 Å². The van der Waals surface area contributed by atoms with E-state index in [1.807, 2.05) is 6.92 Å². The van der Waals surface area contributed by atoms with Gasteiger partial charge in [-0.2, -0.15) is 0 Å². The lowest BCUT2D eigenvalue weighted by Crippen LogP contribution is -1.89. The van der Waals surface area contributed by atoms with E-state index in [-0.39, 0.29) is 5.78 Å². The average Bonchev–Trinajstić information content (AvgIpc) is 2.55. The zero-order valence-corrected chi connectivity index (χ0v) is 9.44. The molecule has 0 spiro atoms. The maximum Gasteiger partial charge on any atom is 0.170 e. The number of rotatable bonds is 1. The molecular weight excluding hydrogens is 200 g/mol. The normalized spacial score (nSPS) is 11.0. The molecule has 0 fully saturated rings. The lowest BCUT2D eigenvalue weighted by atomic mass is 10.1. The number of aryl methyl sites for hydroxylation is 2. The summed E-state index contributed by atoms with van der Waals surface area (Å²) in [6.07, 6.45) is 0. The maximum atomic E-state index is 11.3. The third-order valence-corrected chi connectivity index (χ3v) is 4.79. The Kier molecular flexibility index (Phi) is 2.00. The molecule has 0 radical (unpaired) electrons. The Hall–Kier alpha value is -0.670. The zero-order valence-electron chi connectivity index (χ0n) is 7.80. The molecule has 3 heteroatoms. The fourth-order valence-electron chi connectivity index (χ4n) is 1.56. The fraction of sp³-hybridized carbons (Fsp3) is 0.300. The van der Waals surface area contributed by atoms with Crippen molar-refractivity contribution in [1.82, 2.24) is 0 Å². The minimum Gasteiger partial charge on any atom is -0.294 e. The Morgan fingerprint density at radius 3 is 2.62 bits per heavy atom. The zero-order chi connectivity index (χ0) is 9.59. The minimum atomic E-state index is 0.185. The highest BCUT2D eigenvalue weighted by molar-refractivity contribution is 7.38. The molecule has 68 valence electrons. The predicted molar refractivity (Wildman–Crippen MR) is 59.2 cm³/mol. The highest BCUT2D eigenvalue weighted by Gasteiger charge is 2.14. The Labute approximate surface area is 85.0 Å². The summed E-state index contributed by atoms with van der Waals surface area (Å²) in [6, 6.07) is 0. The van der Waals surface area contributed by atoms with Crippen molar-refractivity contribution in [3.05, 3.63) is 21.4 Å². The van der Waals surface area contributed by atoms with Crippen LogP contribution in [-0.2, 0) is 0 Å². The Morgan fingerprint density at radius 1 is 1.38 bits per heavy atom. The number of carbonyl (C=O) groups is 1. The minimum absolute atomic E-state index is 0.185. The van der Waals surface area contributed by atoms with Gasteiger partial charge in [0.15, 0.2) is 5.78 Å². The lowest BCUT2D eigenvalue weighted by Gasteiger charge is -1.92. The Morgan fingerprint density at radius 2 is 2.08 bits per heavy atom. The van der Waals surface area contributed by atoms with E-state index >= 15 is 0 Å². The summed E-state index contributed by atoms with van der Waals surface area (Å²) >= 11 is 3.35. The highest BCUT2D eigenvalue weighted by Crippen LogP contribution is 2.37. The first-order valence-electron chi connectivity index (χ1n) is 4.09. The summed E-state index contributed by atoms with van der Waals surface area (Å²) in [5.74, 6) is 0.185. The molecule has 0 aromatic carbocycles. The van der Waals surface area contributed by atoms with E-state index in [0.29, 0.717) is 0 Å². The van der Waals surface area contributed by atoms with Crippen molar-refractivity contribution >= 4 is 37.9 Å².